The molecule has 0 heterocycles. The molecular formula is C19H18ClF3N2O3. The summed E-state index contributed by atoms with van der Waals surface area (Å²) in [7, 11) is 0. The van der Waals surface area contributed by atoms with Crippen LogP contribution in [0.4, 0.5) is 18.9 Å². The lowest BCUT2D eigenvalue weighted by Crippen LogP contribution is -2.33. The Kier molecular flexibility index (Phi) is 7.28. The van der Waals surface area contributed by atoms with Gasteiger partial charge in [-0.15, -0.1) is 13.2 Å². The Bertz CT molecular complexity index is 839. The number of halogens is 4. The third-order valence-corrected chi connectivity index (χ3v) is 3.96. The number of amides is 2. The molecule has 9 heteroatoms. The van der Waals surface area contributed by atoms with Crippen molar-refractivity contribution < 1.29 is 27.5 Å². The number of alkyl halides is 3. The maximum atomic E-state index is 12.1. The van der Waals surface area contributed by atoms with Crippen LogP contribution < -0.4 is 15.4 Å². The van der Waals surface area contributed by atoms with Crippen LogP contribution in [0.3, 0.4) is 0 Å². The zero-order valence-electron chi connectivity index (χ0n) is 14.9. The van der Waals surface area contributed by atoms with Crippen molar-refractivity contribution in [3.05, 3.63) is 58.6 Å². The molecule has 0 atom stereocenters. The van der Waals surface area contributed by atoms with Crippen LogP contribution in [0.1, 0.15) is 17.5 Å². The van der Waals surface area contributed by atoms with Crippen molar-refractivity contribution in [1.82, 2.24) is 5.32 Å². The van der Waals surface area contributed by atoms with E-state index in [-0.39, 0.29) is 24.6 Å². The van der Waals surface area contributed by atoms with Crippen molar-refractivity contribution in [3.63, 3.8) is 0 Å². The Morgan fingerprint density at radius 1 is 1.07 bits per heavy atom. The molecule has 0 aliphatic heterocycles. The second-order valence-electron chi connectivity index (χ2n) is 6.00. The Hall–Kier alpha value is -2.74. The minimum atomic E-state index is -4.75. The molecule has 5 nitrogen and oxygen atoms in total. The Morgan fingerprint density at radius 2 is 1.75 bits per heavy atom. The fourth-order valence-electron chi connectivity index (χ4n) is 2.30. The lowest BCUT2D eigenvalue weighted by atomic mass is 10.1. The number of carbonyl (C=O) groups excluding carboxylic acids is 2. The molecule has 0 unspecified atom stereocenters. The fourth-order valence-corrected chi connectivity index (χ4v) is 2.58. The third-order valence-electron chi connectivity index (χ3n) is 3.64. The number of ether oxygens (including phenoxy) is 1. The summed E-state index contributed by atoms with van der Waals surface area (Å²) in [4.78, 5) is 23.7. The van der Waals surface area contributed by atoms with Gasteiger partial charge < -0.3 is 15.4 Å². The van der Waals surface area contributed by atoms with E-state index in [2.05, 4.69) is 15.4 Å². The van der Waals surface area contributed by atoms with Crippen LogP contribution in [-0.4, -0.2) is 24.7 Å². The topological polar surface area (TPSA) is 67.4 Å². The first-order valence-corrected chi connectivity index (χ1v) is 8.67. The number of benzene rings is 2. The number of hydrogen-bond donors (Lipinski definition) is 2. The first-order valence-electron chi connectivity index (χ1n) is 8.30. The van der Waals surface area contributed by atoms with Gasteiger partial charge in [-0.1, -0.05) is 29.8 Å². The van der Waals surface area contributed by atoms with E-state index < -0.39 is 12.3 Å². The van der Waals surface area contributed by atoms with E-state index in [1.54, 1.807) is 18.2 Å². The van der Waals surface area contributed by atoms with Gasteiger partial charge in [-0.05, 0) is 48.7 Å². The average molecular weight is 415 g/mol. The van der Waals surface area contributed by atoms with Crippen LogP contribution in [0.2, 0.25) is 5.02 Å². The van der Waals surface area contributed by atoms with Gasteiger partial charge in [0.05, 0.1) is 17.3 Å². The average Bonchev–Trinajstić information content (AvgIpc) is 2.60. The summed E-state index contributed by atoms with van der Waals surface area (Å²) < 4.78 is 40.1. The predicted molar refractivity (Wildman–Crippen MR) is 99.3 cm³/mol. The standard InChI is InChI=1S/C19H18ClF3N2O3/c1-12-2-8-16(15(20)10-12)25-18(27)11-24-17(26)9-5-13-3-6-14(7-4-13)28-19(21,22)23/h2-4,6-8,10H,5,9,11H2,1H3,(H,24,26)(H,25,27). The monoisotopic (exact) mass is 414 g/mol. The van der Waals surface area contributed by atoms with Gasteiger partial charge in [-0.3, -0.25) is 9.59 Å². The van der Waals surface area contributed by atoms with Gasteiger partial charge in [-0.2, -0.15) is 0 Å². The van der Waals surface area contributed by atoms with Crippen molar-refractivity contribution in [1.29, 1.82) is 0 Å². The molecule has 2 N–H and O–H groups in total. The highest BCUT2D eigenvalue weighted by Crippen LogP contribution is 2.23. The van der Waals surface area contributed by atoms with E-state index in [0.29, 0.717) is 22.7 Å². The zero-order valence-corrected chi connectivity index (χ0v) is 15.7. The highest BCUT2D eigenvalue weighted by Gasteiger charge is 2.30. The molecule has 0 spiro atoms. The SMILES string of the molecule is Cc1ccc(NC(=O)CNC(=O)CCc2ccc(OC(F)(F)F)cc2)c(Cl)c1. The van der Waals surface area contributed by atoms with Gasteiger partial charge >= 0.3 is 6.36 Å². The summed E-state index contributed by atoms with van der Waals surface area (Å²) in [6.07, 6.45) is -4.35. The highest BCUT2D eigenvalue weighted by molar-refractivity contribution is 6.33. The maximum Gasteiger partial charge on any atom is 0.573 e. The van der Waals surface area contributed by atoms with Gasteiger partial charge in [0.25, 0.3) is 0 Å². The van der Waals surface area contributed by atoms with Gasteiger partial charge in [-0.25, -0.2) is 0 Å². The number of aryl methyl sites for hydroxylation is 2. The second-order valence-corrected chi connectivity index (χ2v) is 6.41. The largest absolute Gasteiger partial charge is 0.573 e. The summed E-state index contributed by atoms with van der Waals surface area (Å²) >= 11 is 6.03. The molecule has 2 amide bonds. The number of anilines is 1. The molecular weight excluding hydrogens is 397 g/mol. The van der Waals surface area contributed by atoms with Gasteiger partial charge in [0.15, 0.2) is 0 Å². The van der Waals surface area contributed by atoms with Crippen LogP contribution in [-0.2, 0) is 16.0 Å². The van der Waals surface area contributed by atoms with Gasteiger partial charge in [0, 0.05) is 6.42 Å². The molecule has 0 saturated heterocycles. The second kappa shape index (κ2) is 9.45. The Labute approximate surface area is 164 Å². The van der Waals surface area contributed by atoms with Gasteiger partial charge in [0.2, 0.25) is 11.8 Å². The normalized spacial score (nSPS) is 11.0. The minimum absolute atomic E-state index is 0.0814. The van der Waals surface area contributed by atoms with Gasteiger partial charge in [0.1, 0.15) is 5.75 Å². The summed E-state index contributed by atoms with van der Waals surface area (Å²) in [5, 5.41) is 5.48. The molecule has 0 aliphatic carbocycles. The number of nitrogens with one attached hydrogen (secondary N) is 2. The first kappa shape index (κ1) is 21.6. The van der Waals surface area contributed by atoms with Crippen molar-refractivity contribution in [2.45, 2.75) is 26.1 Å². The molecule has 0 bridgehead atoms. The zero-order chi connectivity index (χ0) is 20.7. The number of hydrogen-bond acceptors (Lipinski definition) is 3. The Morgan fingerprint density at radius 3 is 2.36 bits per heavy atom. The third kappa shape index (κ3) is 7.48. The highest BCUT2D eigenvalue weighted by atomic mass is 35.5. The molecule has 2 aromatic carbocycles. The molecule has 28 heavy (non-hydrogen) atoms. The molecule has 0 aliphatic rings. The van der Waals surface area contributed by atoms with Crippen molar-refractivity contribution in [2.24, 2.45) is 0 Å². The van der Waals surface area contributed by atoms with E-state index in [0.717, 1.165) is 5.56 Å². The summed E-state index contributed by atoms with van der Waals surface area (Å²) in [5.74, 6) is -1.11. The molecule has 2 aromatic rings. The predicted octanol–water partition coefficient (Wildman–Crippen LogP) is 4.23. The molecule has 0 saturated carbocycles. The fraction of sp³-hybridized carbons (Fsp3) is 0.263. The van der Waals surface area contributed by atoms with Crippen molar-refractivity contribution in [2.75, 3.05) is 11.9 Å². The molecule has 2 rings (SSSR count). The summed E-state index contributed by atoms with van der Waals surface area (Å²) in [6.45, 7) is 1.65. The summed E-state index contributed by atoms with van der Waals surface area (Å²) in [5.41, 5.74) is 2.07. The van der Waals surface area contributed by atoms with E-state index >= 15 is 0 Å². The first-order chi connectivity index (χ1) is 13.1. The maximum absolute atomic E-state index is 12.1. The molecule has 0 aromatic heterocycles. The van der Waals surface area contributed by atoms with Crippen LogP contribution in [0.25, 0.3) is 0 Å². The van der Waals surface area contributed by atoms with Crippen LogP contribution >= 0.6 is 11.6 Å². The number of carbonyl (C=O) groups is 2. The quantitative estimate of drug-likeness (QED) is 0.712. The van der Waals surface area contributed by atoms with Crippen LogP contribution in [0.5, 0.6) is 5.75 Å². The molecule has 0 radical (unpaired) electrons. The van der Waals surface area contributed by atoms with E-state index in [1.165, 1.54) is 24.3 Å². The molecule has 150 valence electrons. The minimum Gasteiger partial charge on any atom is -0.406 e. The smallest absolute Gasteiger partial charge is 0.406 e. The van der Waals surface area contributed by atoms with E-state index in [9.17, 15) is 22.8 Å². The van der Waals surface area contributed by atoms with Crippen molar-refractivity contribution >= 4 is 29.1 Å². The Balaban J connectivity index is 1.74. The van der Waals surface area contributed by atoms with E-state index in [4.69, 9.17) is 11.6 Å². The van der Waals surface area contributed by atoms with Crippen LogP contribution in [0.15, 0.2) is 42.5 Å². The van der Waals surface area contributed by atoms with Crippen LogP contribution in [0, 0.1) is 6.92 Å². The number of rotatable bonds is 7. The summed E-state index contributed by atoms with van der Waals surface area (Å²) in [6, 6.07) is 10.4. The molecule has 0 fully saturated rings. The van der Waals surface area contributed by atoms with E-state index in [1.807, 2.05) is 6.92 Å². The lowest BCUT2D eigenvalue weighted by molar-refractivity contribution is -0.274. The lowest BCUT2D eigenvalue weighted by Gasteiger charge is -2.10. The van der Waals surface area contributed by atoms with Crippen molar-refractivity contribution in [3.8, 4) is 5.75 Å².